The minimum Gasteiger partial charge on any atom is -0.456 e. The van der Waals surface area contributed by atoms with Gasteiger partial charge in [0.15, 0.2) is 12.2 Å². The highest BCUT2D eigenvalue weighted by atomic mass is 16.7. The number of carbonyl (C=O) groups is 8. The number of carbonyl (C=O) groups excluding carboxylic acids is 8. The summed E-state index contributed by atoms with van der Waals surface area (Å²) in [5, 5.41) is 0. The van der Waals surface area contributed by atoms with Gasteiger partial charge in [-0.15, -0.1) is 0 Å². The van der Waals surface area contributed by atoms with Crippen LogP contribution in [0.3, 0.4) is 0 Å². The molecule has 1 fully saturated rings. The lowest BCUT2D eigenvalue weighted by Crippen LogP contribution is -2.58. The summed E-state index contributed by atoms with van der Waals surface area (Å²) in [6, 6.07) is 0. The van der Waals surface area contributed by atoms with Crippen LogP contribution in [-0.4, -0.2) is 78.2 Å². The second-order valence-corrected chi connectivity index (χ2v) is 8.94. The van der Waals surface area contributed by atoms with E-state index < -0.39 is 55.1 Å². The Kier molecular flexibility index (Phi) is 14.0. The monoisotopic (exact) mass is 542 g/mol. The van der Waals surface area contributed by atoms with Gasteiger partial charge in [0.2, 0.25) is 12.4 Å². The molecule has 1 saturated heterocycles. The zero-order chi connectivity index (χ0) is 28.8. The van der Waals surface area contributed by atoms with Gasteiger partial charge in [-0.3, -0.25) is 19.2 Å². The minimum atomic E-state index is -1.61. The van der Waals surface area contributed by atoms with Crippen LogP contribution >= 0.6 is 0 Å². The topological polar surface area (TPSA) is 183 Å². The van der Waals surface area contributed by atoms with Gasteiger partial charge in [-0.25, -0.2) is 0 Å². The lowest BCUT2D eigenvalue weighted by molar-refractivity contribution is -0.275. The average Bonchev–Trinajstić information content (AvgIpc) is 2.82. The molecule has 0 spiro atoms. The van der Waals surface area contributed by atoms with Gasteiger partial charge in [0, 0.05) is 25.7 Å². The van der Waals surface area contributed by atoms with Gasteiger partial charge in [-0.05, 0) is 27.7 Å². The van der Waals surface area contributed by atoms with Gasteiger partial charge in [0.25, 0.3) is 0 Å². The molecule has 1 rings (SSSR count). The summed E-state index contributed by atoms with van der Waals surface area (Å²) in [5.74, 6) is -4.59. The first-order chi connectivity index (χ1) is 17.8. The lowest BCUT2D eigenvalue weighted by Gasteiger charge is -2.40. The van der Waals surface area contributed by atoms with Crippen molar-refractivity contribution in [1.29, 1.82) is 0 Å². The fourth-order valence-corrected chi connectivity index (χ4v) is 3.16. The molecule has 0 unspecified atom stereocenters. The molecule has 0 radical (unpaired) electrons. The number of rotatable bonds is 16. The lowest BCUT2D eigenvalue weighted by atomic mass is 10.0. The Balaban J connectivity index is 3.22. The first kappa shape index (κ1) is 32.5. The second-order valence-electron chi connectivity index (χ2n) is 8.94. The predicted octanol–water partition coefficient (Wildman–Crippen LogP) is 1.10. The van der Waals surface area contributed by atoms with Gasteiger partial charge < -0.3 is 42.9 Å². The van der Waals surface area contributed by atoms with Gasteiger partial charge in [-0.1, -0.05) is 0 Å². The van der Waals surface area contributed by atoms with Crippen molar-refractivity contribution in [2.24, 2.45) is 0 Å². The second kappa shape index (κ2) is 16.4. The molecule has 1 aliphatic rings. The van der Waals surface area contributed by atoms with E-state index in [9.17, 15) is 38.4 Å². The van der Waals surface area contributed by atoms with E-state index in [1.54, 1.807) is 0 Å². The fourth-order valence-electron chi connectivity index (χ4n) is 3.16. The van der Waals surface area contributed by atoms with Crippen molar-refractivity contribution in [2.45, 2.75) is 104 Å². The molecule has 0 aromatic rings. The van der Waals surface area contributed by atoms with Crippen LogP contribution in [0, 0.1) is 0 Å². The smallest absolute Gasteiger partial charge is 0.308 e. The van der Waals surface area contributed by atoms with Gasteiger partial charge in [0.1, 0.15) is 23.1 Å². The molecule has 0 aromatic carbocycles. The van der Waals surface area contributed by atoms with Crippen molar-refractivity contribution in [1.82, 2.24) is 0 Å². The fraction of sp³-hybridized carbons (Fsp3) is 0.680. The summed E-state index contributed by atoms with van der Waals surface area (Å²) in [7, 11) is 0. The Morgan fingerprint density at radius 1 is 0.500 bits per heavy atom. The third-order valence-corrected chi connectivity index (χ3v) is 5.17. The van der Waals surface area contributed by atoms with Gasteiger partial charge in [-0.2, -0.15) is 0 Å². The number of Topliss-reactive ketones (excluding diaryl/α,β-unsaturated/α-hetero) is 4. The third-order valence-electron chi connectivity index (χ3n) is 5.17. The van der Waals surface area contributed by atoms with Gasteiger partial charge in [0.05, 0.1) is 32.3 Å². The molecular weight excluding hydrogens is 508 g/mol. The first-order valence-electron chi connectivity index (χ1n) is 12.2. The molecule has 1 heterocycles. The third kappa shape index (κ3) is 13.2. The van der Waals surface area contributed by atoms with E-state index in [0.29, 0.717) is 0 Å². The molecule has 212 valence electrons. The summed E-state index contributed by atoms with van der Waals surface area (Å²) >= 11 is 0. The zero-order valence-corrected chi connectivity index (χ0v) is 22.0. The van der Waals surface area contributed by atoms with Crippen molar-refractivity contribution in [3.63, 3.8) is 0 Å². The molecule has 0 amide bonds. The molecular formula is C25H34O13. The van der Waals surface area contributed by atoms with Crippen LogP contribution in [0.1, 0.15) is 79.1 Å². The van der Waals surface area contributed by atoms with Crippen molar-refractivity contribution in [3.05, 3.63) is 0 Å². The quantitative estimate of drug-likeness (QED) is 0.200. The highest BCUT2D eigenvalue weighted by Crippen LogP contribution is 2.27. The Morgan fingerprint density at radius 3 is 1.24 bits per heavy atom. The van der Waals surface area contributed by atoms with Crippen LogP contribution in [0.5, 0.6) is 0 Å². The van der Waals surface area contributed by atoms with Crippen LogP contribution in [-0.2, 0) is 62.0 Å². The largest absolute Gasteiger partial charge is 0.456 e. The molecule has 0 aliphatic carbocycles. The number of ketones is 4. The minimum absolute atomic E-state index is 0.102. The summed E-state index contributed by atoms with van der Waals surface area (Å²) in [4.78, 5) is 94.5. The summed E-state index contributed by atoms with van der Waals surface area (Å²) in [5.41, 5.74) is 0. The maximum atomic E-state index is 12.5. The summed E-state index contributed by atoms with van der Waals surface area (Å²) in [6.07, 6.45) is -7.81. The molecule has 0 bridgehead atoms. The highest BCUT2D eigenvalue weighted by molar-refractivity contribution is 5.83. The predicted molar refractivity (Wildman–Crippen MR) is 125 cm³/mol. The molecule has 13 nitrogen and oxygen atoms in total. The van der Waals surface area contributed by atoms with Crippen LogP contribution in [0.4, 0.5) is 0 Å². The van der Waals surface area contributed by atoms with Crippen molar-refractivity contribution in [3.8, 4) is 0 Å². The highest BCUT2D eigenvalue weighted by Gasteiger charge is 2.49. The Bertz CT molecular complexity index is 848. The average molecular weight is 543 g/mol. The summed E-state index contributed by atoms with van der Waals surface area (Å²) in [6.45, 7) is 4.68. The first-order valence-corrected chi connectivity index (χ1v) is 12.2. The van der Waals surface area contributed by atoms with Crippen molar-refractivity contribution in [2.75, 3.05) is 6.61 Å². The van der Waals surface area contributed by atoms with Crippen LogP contribution < -0.4 is 0 Å². The van der Waals surface area contributed by atoms with E-state index in [4.69, 9.17) is 23.7 Å². The van der Waals surface area contributed by atoms with Crippen LogP contribution in [0.15, 0.2) is 0 Å². The summed E-state index contributed by atoms with van der Waals surface area (Å²) < 4.78 is 26.9. The van der Waals surface area contributed by atoms with E-state index in [0.717, 1.165) is 0 Å². The van der Waals surface area contributed by atoms with E-state index >= 15 is 0 Å². The van der Waals surface area contributed by atoms with Crippen LogP contribution in [0.25, 0.3) is 0 Å². The number of hydrogen-bond donors (Lipinski definition) is 0. The van der Waals surface area contributed by atoms with Crippen LogP contribution in [0.2, 0.25) is 0 Å². The van der Waals surface area contributed by atoms with E-state index in [1.807, 2.05) is 0 Å². The van der Waals surface area contributed by atoms with Crippen molar-refractivity contribution < 1.29 is 62.0 Å². The molecule has 0 aromatic heterocycles. The zero-order valence-electron chi connectivity index (χ0n) is 22.0. The number of esters is 4. The molecule has 38 heavy (non-hydrogen) atoms. The molecule has 0 N–H and O–H groups in total. The Morgan fingerprint density at radius 2 is 0.842 bits per heavy atom. The van der Waals surface area contributed by atoms with E-state index in [2.05, 4.69) is 0 Å². The normalized spacial score (nSPS) is 20.5. The molecule has 13 heteroatoms. The number of ether oxygens (including phenoxy) is 5. The molecule has 0 saturated carbocycles. The molecule has 1 aliphatic heterocycles. The van der Waals surface area contributed by atoms with E-state index in [1.165, 1.54) is 27.7 Å². The number of hydrogen-bond acceptors (Lipinski definition) is 13. The van der Waals surface area contributed by atoms with Crippen molar-refractivity contribution >= 4 is 47.0 Å². The van der Waals surface area contributed by atoms with E-state index in [-0.39, 0.29) is 74.5 Å². The molecule has 4 atom stereocenters. The SMILES string of the molecule is CC(=O)CCC(=O)O[C@H]1OC[C@@H](OC(=O)CCC(C)=O)[C@H](OC(=O)CCC(C)=O)[C@H]1OC(=O)CCC(C)=O. The van der Waals surface area contributed by atoms with Gasteiger partial charge >= 0.3 is 23.9 Å². The Hall–Kier alpha value is -3.48. The maximum absolute atomic E-state index is 12.5. The standard InChI is InChI=1S/C25H34O13/c1-14(26)5-9-19(30)35-18-13-34-25(38-22(33)12-8-17(4)29)24(37-21(32)11-7-16(3)28)23(18)36-20(31)10-6-15(2)27/h18,23-25H,5-13H2,1-4H3/t18-,23+,24-,25-/m1/s1. The Labute approximate surface area is 219 Å². The maximum Gasteiger partial charge on any atom is 0.308 e.